The average molecular weight is 555 g/mol. The number of nitrogens with two attached hydrogens (primary N) is 1. The number of piperidine rings is 1. The van der Waals surface area contributed by atoms with E-state index in [-0.39, 0.29) is 5.92 Å². The average Bonchev–Trinajstić information content (AvgIpc) is 3.61. The van der Waals surface area contributed by atoms with Gasteiger partial charge in [-0.25, -0.2) is 27.7 Å². The second kappa shape index (κ2) is 9.90. The fraction of sp³-hybridized carbons (Fsp3) is 0.423. The van der Waals surface area contributed by atoms with Crippen molar-refractivity contribution in [3.63, 3.8) is 0 Å². The third-order valence-electron chi connectivity index (χ3n) is 7.24. The maximum Gasteiger partial charge on any atom is 0.211 e. The van der Waals surface area contributed by atoms with Crippen LogP contribution in [0.2, 0.25) is 0 Å². The number of hydrogen-bond acceptors (Lipinski definition) is 9. The van der Waals surface area contributed by atoms with Crippen LogP contribution in [0.5, 0.6) is 5.75 Å². The van der Waals surface area contributed by atoms with Crippen molar-refractivity contribution < 1.29 is 17.6 Å². The number of nitrogen functional groups attached to an aromatic ring is 1. The molecule has 5 heterocycles. The molecule has 0 amide bonds. The van der Waals surface area contributed by atoms with Crippen molar-refractivity contribution in [3.8, 4) is 17.1 Å². The predicted octanol–water partition coefficient (Wildman–Crippen LogP) is 4.12. The zero-order valence-corrected chi connectivity index (χ0v) is 23.0. The summed E-state index contributed by atoms with van der Waals surface area (Å²) in [5, 5.41) is 0.741. The Morgan fingerprint density at radius 3 is 2.89 bits per heavy atom. The van der Waals surface area contributed by atoms with Crippen LogP contribution < -0.4 is 10.5 Å². The van der Waals surface area contributed by atoms with Crippen molar-refractivity contribution >= 4 is 38.8 Å². The summed E-state index contributed by atoms with van der Waals surface area (Å²) in [6, 6.07) is 8.15. The van der Waals surface area contributed by atoms with E-state index in [1.54, 1.807) is 4.31 Å². The molecule has 200 valence electrons. The van der Waals surface area contributed by atoms with Crippen LogP contribution in [0.4, 0.5) is 5.82 Å². The molecule has 0 aliphatic carbocycles. The monoisotopic (exact) mass is 554 g/mol. The number of aryl methyl sites for hydroxylation is 2. The Morgan fingerprint density at radius 1 is 1.24 bits per heavy atom. The number of rotatable bonds is 7. The summed E-state index contributed by atoms with van der Waals surface area (Å²) in [7, 11) is -3.20. The first kappa shape index (κ1) is 25.2. The van der Waals surface area contributed by atoms with Gasteiger partial charge in [0.1, 0.15) is 23.6 Å². The fourth-order valence-electron chi connectivity index (χ4n) is 5.25. The molecular weight excluding hydrogens is 524 g/mol. The Kier molecular flexibility index (Phi) is 6.57. The van der Waals surface area contributed by atoms with E-state index >= 15 is 0 Å². The highest BCUT2D eigenvalue weighted by molar-refractivity contribution is 7.99. The molecule has 0 spiro atoms. The van der Waals surface area contributed by atoms with Gasteiger partial charge < -0.3 is 19.5 Å². The first-order chi connectivity index (χ1) is 18.3. The van der Waals surface area contributed by atoms with Crippen molar-refractivity contribution in [1.29, 1.82) is 0 Å². The fourth-order valence-corrected chi connectivity index (χ4v) is 7.25. The van der Waals surface area contributed by atoms with Gasteiger partial charge in [0.15, 0.2) is 22.1 Å². The third-order valence-corrected chi connectivity index (χ3v) is 9.56. The molecule has 0 bridgehead atoms. The van der Waals surface area contributed by atoms with Crippen molar-refractivity contribution in [2.45, 2.75) is 49.2 Å². The van der Waals surface area contributed by atoms with Crippen LogP contribution in [0.3, 0.4) is 0 Å². The van der Waals surface area contributed by atoms with Gasteiger partial charge in [0.25, 0.3) is 0 Å². The molecule has 0 saturated carbocycles. The van der Waals surface area contributed by atoms with Crippen LogP contribution in [0, 0.1) is 12.8 Å². The standard InChI is InChI=1S/C26H30N6O4S2/c1-16-5-6-20(36-16)19-12-18-8-11-35-21(18)13-22(19)37-26-30-23-24(27)28-15-29-25(23)32(26)10-7-17-4-3-9-31(14-17)38(2,33)34/h5-6,12-13,15,17H,3-4,7-11,14H2,1-2H3,(H2,27,28,29). The normalized spacial score (nSPS) is 18.1. The maximum atomic E-state index is 12.1. The van der Waals surface area contributed by atoms with E-state index in [9.17, 15) is 8.42 Å². The van der Waals surface area contributed by atoms with E-state index in [2.05, 4.69) is 26.7 Å². The Morgan fingerprint density at radius 2 is 2.11 bits per heavy atom. The SMILES string of the molecule is Cc1ccc(-c2cc3c(cc2Sc2nc4c(N)ncnc4n2CCC2CCCN(S(C)(=O)=O)C2)OCC3)o1. The van der Waals surface area contributed by atoms with E-state index in [1.165, 1.54) is 24.3 Å². The number of sulfonamides is 1. The zero-order chi connectivity index (χ0) is 26.4. The Hall–Kier alpha value is -3.09. The number of nitrogens with zero attached hydrogens (tertiary/aromatic N) is 5. The number of fused-ring (bicyclic) bond motifs is 2. The van der Waals surface area contributed by atoms with E-state index < -0.39 is 10.0 Å². The van der Waals surface area contributed by atoms with Gasteiger partial charge in [-0.3, -0.25) is 0 Å². The van der Waals surface area contributed by atoms with Crippen molar-refractivity contribution in [2.24, 2.45) is 5.92 Å². The van der Waals surface area contributed by atoms with Gasteiger partial charge in [0.05, 0.1) is 12.9 Å². The summed E-state index contributed by atoms with van der Waals surface area (Å²) in [4.78, 5) is 14.5. The second-order valence-corrected chi connectivity index (χ2v) is 13.0. The number of benzene rings is 1. The summed E-state index contributed by atoms with van der Waals surface area (Å²) in [6.45, 7) is 4.35. The molecule has 1 aromatic carbocycles. The van der Waals surface area contributed by atoms with Crippen LogP contribution in [0.25, 0.3) is 22.5 Å². The van der Waals surface area contributed by atoms with Crippen LogP contribution in [-0.2, 0) is 23.0 Å². The van der Waals surface area contributed by atoms with Crippen LogP contribution in [-0.4, -0.2) is 58.2 Å². The number of furan rings is 1. The van der Waals surface area contributed by atoms with Crippen LogP contribution in [0.1, 0.15) is 30.6 Å². The van der Waals surface area contributed by atoms with Gasteiger partial charge in [-0.2, -0.15) is 0 Å². The minimum Gasteiger partial charge on any atom is -0.493 e. The first-order valence-corrected chi connectivity index (χ1v) is 15.4. The molecular formula is C26H30N6O4S2. The summed E-state index contributed by atoms with van der Waals surface area (Å²) in [6.07, 6.45) is 6.25. The number of anilines is 1. The summed E-state index contributed by atoms with van der Waals surface area (Å²) < 4.78 is 39.8. The topological polar surface area (TPSA) is 129 Å². The first-order valence-electron chi connectivity index (χ1n) is 12.7. The molecule has 1 saturated heterocycles. The Bertz CT molecular complexity index is 1610. The highest BCUT2D eigenvalue weighted by Gasteiger charge is 2.27. The number of aromatic nitrogens is 4. The summed E-state index contributed by atoms with van der Waals surface area (Å²) in [5.41, 5.74) is 9.57. The van der Waals surface area contributed by atoms with Crippen LogP contribution in [0.15, 0.2) is 45.1 Å². The molecule has 0 radical (unpaired) electrons. The van der Waals surface area contributed by atoms with Crippen LogP contribution >= 0.6 is 11.8 Å². The highest BCUT2D eigenvalue weighted by Crippen LogP contribution is 2.43. The molecule has 3 aromatic heterocycles. The molecule has 38 heavy (non-hydrogen) atoms. The van der Waals surface area contributed by atoms with Crippen molar-refractivity contribution in [1.82, 2.24) is 23.8 Å². The molecule has 6 rings (SSSR count). The van der Waals surface area contributed by atoms with Gasteiger partial charge in [0, 0.05) is 36.5 Å². The van der Waals surface area contributed by atoms with E-state index in [0.717, 1.165) is 64.1 Å². The number of hydrogen-bond donors (Lipinski definition) is 1. The molecule has 1 unspecified atom stereocenters. The smallest absolute Gasteiger partial charge is 0.211 e. The van der Waals surface area contributed by atoms with Crippen molar-refractivity contribution in [2.75, 3.05) is 31.7 Å². The predicted molar refractivity (Wildman–Crippen MR) is 146 cm³/mol. The van der Waals surface area contributed by atoms with E-state index in [1.807, 2.05) is 19.1 Å². The van der Waals surface area contributed by atoms with E-state index in [0.29, 0.717) is 43.2 Å². The lowest BCUT2D eigenvalue weighted by atomic mass is 9.96. The molecule has 1 atom stereocenters. The lowest BCUT2D eigenvalue weighted by Crippen LogP contribution is -2.39. The van der Waals surface area contributed by atoms with Gasteiger partial charge in [-0.05, 0) is 61.9 Å². The number of ether oxygens (including phenoxy) is 1. The quantitative estimate of drug-likeness (QED) is 0.358. The second-order valence-electron chi connectivity index (χ2n) is 9.96. The zero-order valence-electron chi connectivity index (χ0n) is 21.4. The van der Waals surface area contributed by atoms with E-state index in [4.69, 9.17) is 19.9 Å². The van der Waals surface area contributed by atoms with Gasteiger partial charge in [-0.15, -0.1) is 0 Å². The number of imidazole rings is 1. The van der Waals surface area contributed by atoms with Gasteiger partial charge >= 0.3 is 0 Å². The largest absolute Gasteiger partial charge is 0.493 e. The lowest BCUT2D eigenvalue weighted by Gasteiger charge is -2.31. The molecule has 4 aromatic rings. The third kappa shape index (κ3) is 4.87. The summed E-state index contributed by atoms with van der Waals surface area (Å²) >= 11 is 1.52. The minimum atomic E-state index is -3.20. The highest BCUT2D eigenvalue weighted by atomic mass is 32.2. The van der Waals surface area contributed by atoms with Crippen molar-refractivity contribution in [3.05, 3.63) is 41.9 Å². The molecule has 10 nitrogen and oxygen atoms in total. The Balaban J connectivity index is 1.35. The molecule has 1 fully saturated rings. The minimum absolute atomic E-state index is 0.253. The molecule has 2 aliphatic heterocycles. The Labute approximate surface area is 225 Å². The molecule has 2 aliphatic rings. The van der Waals surface area contributed by atoms with Gasteiger partial charge in [0.2, 0.25) is 10.0 Å². The molecule has 2 N–H and O–H groups in total. The maximum absolute atomic E-state index is 12.1. The lowest BCUT2D eigenvalue weighted by molar-refractivity contribution is 0.249. The van der Waals surface area contributed by atoms with Gasteiger partial charge in [-0.1, -0.05) is 11.8 Å². The summed E-state index contributed by atoms with van der Waals surface area (Å²) in [5.74, 6) is 3.10. The molecule has 12 heteroatoms.